The van der Waals surface area contributed by atoms with Crippen LogP contribution in [0.5, 0.6) is 0 Å². The van der Waals surface area contributed by atoms with Crippen molar-refractivity contribution in [2.75, 3.05) is 6.54 Å². The van der Waals surface area contributed by atoms with Crippen LogP contribution in [-0.2, 0) is 4.79 Å². The lowest BCUT2D eigenvalue weighted by molar-refractivity contribution is -0.145. The van der Waals surface area contributed by atoms with Crippen LogP contribution >= 0.6 is 0 Å². The van der Waals surface area contributed by atoms with Crippen molar-refractivity contribution in [3.05, 3.63) is 35.4 Å². The van der Waals surface area contributed by atoms with Crippen LogP contribution in [0.15, 0.2) is 18.2 Å². The number of amides is 1. The number of carbonyl (C=O) groups is 1. The van der Waals surface area contributed by atoms with Crippen molar-refractivity contribution >= 4 is 5.91 Å². The molecule has 0 bridgehead atoms. The topological polar surface area (TPSA) is 40.5 Å². The average Bonchev–Trinajstić information content (AvgIpc) is 2.42. The second-order valence-electron chi connectivity index (χ2n) is 5.98. The molecule has 122 valence electrons. The molecule has 2 rings (SSSR count). The number of aliphatic hydroxyl groups is 1. The predicted octanol–water partition coefficient (Wildman–Crippen LogP) is 3.43. The molecule has 5 heteroatoms. The van der Waals surface area contributed by atoms with E-state index in [0.29, 0.717) is 31.4 Å². The Bertz CT molecular complexity index is 509. The number of rotatable bonds is 6. The highest BCUT2D eigenvalue weighted by Crippen LogP contribution is 2.33. The zero-order valence-corrected chi connectivity index (χ0v) is 13.1. The Morgan fingerprint density at radius 1 is 1.27 bits per heavy atom. The van der Waals surface area contributed by atoms with Crippen LogP contribution in [0, 0.1) is 17.6 Å². The normalized spacial score (nSPS) is 22.0. The van der Waals surface area contributed by atoms with Crippen LogP contribution < -0.4 is 0 Å². The number of benzene rings is 1. The van der Waals surface area contributed by atoms with Gasteiger partial charge in [0.1, 0.15) is 11.6 Å². The van der Waals surface area contributed by atoms with Gasteiger partial charge in [-0.15, -0.1) is 0 Å². The molecule has 1 aromatic rings. The minimum absolute atomic E-state index is 0.0244. The molecule has 0 heterocycles. The number of hydrogen-bond acceptors (Lipinski definition) is 2. The Kier molecular flexibility index (Phi) is 5.51. The molecule has 1 aliphatic rings. The van der Waals surface area contributed by atoms with Gasteiger partial charge in [-0.25, -0.2) is 8.78 Å². The fraction of sp³-hybridized carbons (Fsp3) is 0.588. The molecular weight excluding hydrogens is 288 g/mol. The third kappa shape index (κ3) is 3.64. The lowest BCUT2D eigenvalue weighted by atomic mass is 9.81. The molecule has 1 aromatic carbocycles. The Balaban J connectivity index is 2.25. The van der Waals surface area contributed by atoms with Crippen molar-refractivity contribution in [2.45, 2.75) is 51.7 Å². The predicted molar refractivity (Wildman–Crippen MR) is 80.1 cm³/mol. The van der Waals surface area contributed by atoms with E-state index in [4.69, 9.17) is 0 Å². The van der Waals surface area contributed by atoms with Crippen molar-refractivity contribution in [3.8, 4) is 0 Å². The largest absolute Gasteiger partial charge is 0.393 e. The number of aliphatic hydroxyl groups excluding tert-OH is 1. The lowest BCUT2D eigenvalue weighted by Crippen LogP contribution is -2.45. The van der Waals surface area contributed by atoms with Crippen molar-refractivity contribution in [2.24, 2.45) is 5.92 Å². The second-order valence-corrected chi connectivity index (χ2v) is 5.98. The monoisotopic (exact) mass is 311 g/mol. The van der Waals surface area contributed by atoms with Gasteiger partial charge in [0.25, 0.3) is 0 Å². The third-order valence-electron chi connectivity index (χ3n) is 4.24. The number of carbonyl (C=O) groups excluding carboxylic acids is 1. The maximum atomic E-state index is 13.5. The van der Waals surface area contributed by atoms with Crippen LogP contribution in [0.2, 0.25) is 0 Å². The van der Waals surface area contributed by atoms with Gasteiger partial charge in [0.05, 0.1) is 12.1 Å². The van der Waals surface area contributed by atoms with Crippen LogP contribution in [0.25, 0.3) is 0 Å². The quantitative estimate of drug-likeness (QED) is 0.874. The van der Waals surface area contributed by atoms with E-state index in [0.717, 1.165) is 12.5 Å². The van der Waals surface area contributed by atoms with Crippen molar-refractivity contribution < 1.29 is 18.7 Å². The number of hydrogen-bond donors (Lipinski definition) is 1. The van der Waals surface area contributed by atoms with Crippen LogP contribution in [0.4, 0.5) is 8.78 Å². The smallest absolute Gasteiger partial charge is 0.226 e. The molecule has 1 amide bonds. The van der Waals surface area contributed by atoms with Gasteiger partial charge in [0.2, 0.25) is 5.91 Å². The van der Waals surface area contributed by atoms with Gasteiger partial charge in [-0.3, -0.25) is 4.79 Å². The molecule has 1 atom stereocenters. The van der Waals surface area contributed by atoms with E-state index in [1.165, 1.54) is 12.1 Å². The highest BCUT2D eigenvalue weighted by molar-refractivity contribution is 5.80. The van der Waals surface area contributed by atoms with Crippen molar-refractivity contribution in [1.82, 2.24) is 4.90 Å². The molecule has 1 unspecified atom stereocenters. The van der Waals surface area contributed by atoms with Gasteiger partial charge in [-0.1, -0.05) is 13.8 Å². The first-order valence-electron chi connectivity index (χ1n) is 7.90. The summed E-state index contributed by atoms with van der Waals surface area (Å²) in [7, 11) is 0. The molecule has 1 fully saturated rings. The van der Waals surface area contributed by atoms with E-state index >= 15 is 0 Å². The van der Waals surface area contributed by atoms with Gasteiger partial charge in [-0.05, 0) is 43.4 Å². The zero-order chi connectivity index (χ0) is 16.3. The molecule has 3 nitrogen and oxygen atoms in total. The lowest BCUT2D eigenvalue weighted by Gasteiger charge is -2.38. The Hall–Kier alpha value is -1.49. The second kappa shape index (κ2) is 7.18. The van der Waals surface area contributed by atoms with Crippen LogP contribution in [0.1, 0.15) is 51.1 Å². The number of nitrogens with zero attached hydrogens (tertiary/aromatic N) is 1. The average molecular weight is 311 g/mol. The van der Waals surface area contributed by atoms with Gasteiger partial charge in [-0.2, -0.15) is 0 Å². The first-order chi connectivity index (χ1) is 10.5. The molecule has 0 aromatic heterocycles. The van der Waals surface area contributed by atoms with E-state index < -0.39 is 17.7 Å². The van der Waals surface area contributed by atoms with Gasteiger partial charge in [0.15, 0.2) is 0 Å². The summed E-state index contributed by atoms with van der Waals surface area (Å²) in [6, 6.07) is 3.09. The van der Waals surface area contributed by atoms with Crippen molar-refractivity contribution in [3.63, 3.8) is 0 Å². The summed E-state index contributed by atoms with van der Waals surface area (Å²) < 4.78 is 27.0. The third-order valence-corrected chi connectivity index (χ3v) is 4.24. The standard InChI is InChI=1S/C17H23F2NO2/c1-3-5-20(17(22)12-8-15(21)9-12)16(4-2)11-6-13(18)10-14(19)7-11/h6-7,10,12,15-16,21H,3-5,8-9H2,1-2H3. The molecule has 22 heavy (non-hydrogen) atoms. The fourth-order valence-electron chi connectivity index (χ4n) is 3.09. The molecule has 0 spiro atoms. The van der Waals surface area contributed by atoms with E-state index in [-0.39, 0.29) is 17.9 Å². The maximum absolute atomic E-state index is 13.5. The van der Waals surface area contributed by atoms with E-state index in [2.05, 4.69) is 0 Å². The highest BCUT2D eigenvalue weighted by atomic mass is 19.1. The maximum Gasteiger partial charge on any atom is 0.226 e. The molecule has 1 N–H and O–H groups in total. The summed E-state index contributed by atoms with van der Waals surface area (Å²) >= 11 is 0. The molecular formula is C17H23F2NO2. The van der Waals surface area contributed by atoms with E-state index in [9.17, 15) is 18.7 Å². The molecule has 0 saturated heterocycles. The summed E-state index contributed by atoms with van der Waals surface area (Å²) in [5, 5.41) is 9.39. The Labute approximate surface area is 129 Å². The highest BCUT2D eigenvalue weighted by Gasteiger charge is 2.37. The summed E-state index contributed by atoms with van der Waals surface area (Å²) in [4.78, 5) is 14.3. The summed E-state index contributed by atoms with van der Waals surface area (Å²) in [6.07, 6.45) is 1.92. The molecule has 1 saturated carbocycles. The van der Waals surface area contributed by atoms with E-state index in [1.54, 1.807) is 4.90 Å². The minimum Gasteiger partial charge on any atom is -0.393 e. The van der Waals surface area contributed by atoms with Crippen LogP contribution in [0.3, 0.4) is 0 Å². The van der Waals surface area contributed by atoms with Gasteiger partial charge >= 0.3 is 0 Å². The first-order valence-corrected chi connectivity index (χ1v) is 7.90. The first kappa shape index (κ1) is 16.9. The minimum atomic E-state index is -0.628. The summed E-state index contributed by atoms with van der Waals surface area (Å²) in [5.41, 5.74) is 0.488. The summed E-state index contributed by atoms with van der Waals surface area (Å²) in [5.74, 6) is -1.45. The molecule has 0 radical (unpaired) electrons. The zero-order valence-electron chi connectivity index (χ0n) is 13.1. The Morgan fingerprint density at radius 3 is 2.32 bits per heavy atom. The Morgan fingerprint density at radius 2 is 1.86 bits per heavy atom. The van der Waals surface area contributed by atoms with Gasteiger partial charge < -0.3 is 10.0 Å². The van der Waals surface area contributed by atoms with Crippen LogP contribution in [-0.4, -0.2) is 28.6 Å². The summed E-state index contributed by atoms with van der Waals surface area (Å²) in [6.45, 7) is 4.41. The SMILES string of the molecule is CCCN(C(=O)C1CC(O)C1)C(CC)c1cc(F)cc(F)c1. The van der Waals surface area contributed by atoms with Crippen molar-refractivity contribution in [1.29, 1.82) is 0 Å². The van der Waals surface area contributed by atoms with E-state index in [1.807, 2.05) is 13.8 Å². The molecule has 0 aliphatic heterocycles. The molecule has 1 aliphatic carbocycles. The number of halogens is 2. The fourth-order valence-corrected chi connectivity index (χ4v) is 3.09. The van der Waals surface area contributed by atoms with Gasteiger partial charge in [0, 0.05) is 18.5 Å².